The Balaban J connectivity index is -0.0000000108. The number of aliphatic hydroxyl groups is 2. The van der Waals surface area contributed by atoms with Gasteiger partial charge in [0.15, 0.2) is 0 Å². The van der Waals surface area contributed by atoms with Gasteiger partial charge in [-0.05, 0) is 13.8 Å². The van der Waals surface area contributed by atoms with Crippen molar-refractivity contribution in [1.82, 2.24) is 0 Å². The third-order valence-electron chi connectivity index (χ3n) is 0.556. The number of hydrogen-bond acceptors (Lipinski definition) is 3. The maximum Gasteiger partial charge on any atom is 0.0402 e. The molecule has 0 amide bonds. The van der Waals surface area contributed by atoms with E-state index in [1.807, 2.05) is 30.3 Å². The normalized spacial score (nSPS) is 4.70. The van der Waals surface area contributed by atoms with Gasteiger partial charge in [-0.1, -0.05) is 6.92 Å². The first kappa shape index (κ1) is 59.8. The van der Waals surface area contributed by atoms with Crippen LogP contribution in [0.15, 0.2) is 30.3 Å². The van der Waals surface area contributed by atoms with E-state index >= 15 is 0 Å². The zero-order valence-corrected chi connectivity index (χ0v) is 16.4. The van der Waals surface area contributed by atoms with E-state index in [1.165, 1.54) is 0 Å². The van der Waals surface area contributed by atoms with E-state index < -0.39 is 0 Å². The van der Waals surface area contributed by atoms with Gasteiger partial charge in [-0.2, -0.15) is 18.2 Å². The standard InChI is InChI=1S/C5H5.2C2H6O.C2H5O.5CH3.Ti/c1-2-4-5-3-1;3*1-2-3;;;;;;/h1-5H;2*3H,2H2,1H3;2H2,1H3;5*1H3;/q-1;;;6*-1;. The van der Waals surface area contributed by atoms with Crippen molar-refractivity contribution >= 4 is 0 Å². The summed E-state index contributed by atoms with van der Waals surface area (Å²) in [5.74, 6) is 0. The predicted octanol–water partition coefficient (Wildman–Crippen LogP) is 3.02. The summed E-state index contributed by atoms with van der Waals surface area (Å²) in [7, 11) is 0. The minimum atomic E-state index is 0. The van der Waals surface area contributed by atoms with Gasteiger partial charge in [0.1, 0.15) is 0 Å². The van der Waals surface area contributed by atoms with Crippen LogP contribution in [0.5, 0.6) is 0 Å². The molecule has 0 fully saturated rings. The summed E-state index contributed by atoms with van der Waals surface area (Å²) in [5, 5.41) is 24.1. The van der Waals surface area contributed by atoms with Gasteiger partial charge >= 0.3 is 0 Å². The van der Waals surface area contributed by atoms with Gasteiger partial charge in [0.2, 0.25) is 0 Å². The maximum absolute atomic E-state index is 8.93. The molecule has 130 valence electrons. The Bertz CT molecular complexity index is 101. The first-order valence-corrected chi connectivity index (χ1v) is 4.71. The summed E-state index contributed by atoms with van der Waals surface area (Å²) in [6.07, 6.45) is 0. The van der Waals surface area contributed by atoms with Gasteiger partial charge < -0.3 is 52.5 Å². The first-order chi connectivity index (χ1) is 6.74. The van der Waals surface area contributed by atoms with Gasteiger partial charge in [-0.3, -0.25) is 0 Å². The van der Waals surface area contributed by atoms with Crippen molar-refractivity contribution in [3.8, 4) is 0 Å². The fourth-order valence-electron chi connectivity index (χ4n) is 0.321. The van der Waals surface area contributed by atoms with Crippen LogP contribution >= 0.6 is 0 Å². The number of rotatable bonds is 0. The van der Waals surface area contributed by atoms with Crippen LogP contribution in [0.1, 0.15) is 20.8 Å². The Morgan fingerprint density at radius 3 is 1.00 bits per heavy atom. The molecular formula is C16H37O3Ti-7. The molecule has 0 aliphatic carbocycles. The van der Waals surface area contributed by atoms with Crippen molar-refractivity contribution in [2.24, 2.45) is 0 Å². The maximum atomic E-state index is 8.93. The zero-order valence-electron chi connectivity index (χ0n) is 14.8. The molecule has 0 radical (unpaired) electrons. The molecule has 20 heavy (non-hydrogen) atoms. The zero-order chi connectivity index (χ0) is 11.7. The van der Waals surface area contributed by atoms with Crippen LogP contribution in [-0.4, -0.2) is 30.0 Å². The summed E-state index contributed by atoms with van der Waals surface area (Å²) < 4.78 is 0. The van der Waals surface area contributed by atoms with E-state index in [0.29, 0.717) is 0 Å². The van der Waals surface area contributed by atoms with Crippen molar-refractivity contribution in [2.75, 3.05) is 19.8 Å². The first-order valence-electron chi connectivity index (χ1n) is 4.71. The van der Waals surface area contributed by atoms with Crippen LogP contribution in [0.2, 0.25) is 0 Å². The molecule has 0 aliphatic heterocycles. The summed E-state index contributed by atoms with van der Waals surface area (Å²) in [4.78, 5) is 0. The molecule has 1 aromatic rings. The number of aliphatic hydroxyl groups excluding tert-OH is 2. The molecule has 0 saturated carbocycles. The summed E-state index contributed by atoms with van der Waals surface area (Å²) >= 11 is 0. The summed E-state index contributed by atoms with van der Waals surface area (Å²) in [6, 6.07) is 10.0. The minimum Gasteiger partial charge on any atom is -0.855 e. The van der Waals surface area contributed by atoms with E-state index in [4.69, 9.17) is 15.3 Å². The van der Waals surface area contributed by atoms with E-state index in [-0.39, 0.29) is 78.7 Å². The van der Waals surface area contributed by atoms with Crippen LogP contribution in [-0.2, 0) is 21.7 Å². The molecule has 4 heteroatoms. The van der Waals surface area contributed by atoms with E-state index in [9.17, 15) is 0 Å². The molecule has 0 spiro atoms. The predicted molar refractivity (Wildman–Crippen MR) is 90.2 cm³/mol. The van der Waals surface area contributed by atoms with Gasteiger partial charge in [-0.15, -0.1) is 6.61 Å². The van der Waals surface area contributed by atoms with Crippen molar-refractivity contribution < 1.29 is 37.0 Å². The van der Waals surface area contributed by atoms with Crippen LogP contribution in [0.4, 0.5) is 0 Å². The third kappa shape index (κ3) is 211. The van der Waals surface area contributed by atoms with Crippen LogP contribution in [0, 0.1) is 37.1 Å². The van der Waals surface area contributed by atoms with E-state index in [1.54, 1.807) is 20.8 Å². The summed E-state index contributed by atoms with van der Waals surface area (Å²) in [6.45, 7) is 5.43. The molecule has 0 saturated heterocycles. The molecule has 0 unspecified atom stereocenters. The molecule has 0 bridgehead atoms. The van der Waals surface area contributed by atoms with Crippen LogP contribution in [0.3, 0.4) is 0 Å². The van der Waals surface area contributed by atoms with Crippen molar-refractivity contribution in [3.05, 3.63) is 67.5 Å². The molecule has 2 N–H and O–H groups in total. The molecular weight excluding hydrogens is 288 g/mol. The van der Waals surface area contributed by atoms with Crippen molar-refractivity contribution in [2.45, 2.75) is 20.8 Å². The van der Waals surface area contributed by atoms with Gasteiger partial charge in [-0.25, -0.2) is 12.1 Å². The second kappa shape index (κ2) is 96.7. The molecule has 0 aliphatic rings. The van der Waals surface area contributed by atoms with Crippen molar-refractivity contribution in [3.63, 3.8) is 0 Å². The summed E-state index contributed by atoms with van der Waals surface area (Å²) in [5.41, 5.74) is 0. The van der Waals surface area contributed by atoms with E-state index in [0.717, 1.165) is 0 Å². The van der Waals surface area contributed by atoms with Crippen LogP contribution < -0.4 is 5.11 Å². The molecule has 0 aromatic heterocycles. The Morgan fingerprint density at radius 2 is 0.950 bits per heavy atom. The molecule has 1 aromatic carbocycles. The Kier molecular flexibility index (Phi) is 289. The Labute approximate surface area is 145 Å². The van der Waals surface area contributed by atoms with Crippen molar-refractivity contribution in [1.29, 1.82) is 0 Å². The fraction of sp³-hybridized carbons (Fsp3) is 0.375. The third-order valence-corrected chi connectivity index (χ3v) is 0.556. The topological polar surface area (TPSA) is 63.5 Å². The number of hydrogen-bond donors (Lipinski definition) is 2. The second-order valence-electron chi connectivity index (χ2n) is 1.88. The Hall–Kier alpha value is -0.0557. The molecule has 0 atom stereocenters. The van der Waals surface area contributed by atoms with Gasteiger partial charge in [0, 0.05) is 34.9 Å². The second-order valence-corrected chi connectivity index (χ2v) is 1.88. The minimum absolute atomic E-state index is 0. The monoisotopic (exact) mass is 325 g/mol. The van der Waals surface area contributed by atoms with Gasteiger partial charge in [0.25, 0.3) is 0 Å². The van der Waals surface area contributed by atoms with Crippen LogP contribution in [0.25, 0.3) is 0 Å². The smallest absolute Gasteiger partial charge is 0.0402 e. The SMILES string of the molecule is CCO.CCO.CC[O-].[CH3-].[CH3-].[CH3-].[CH3-].[CH3-].[Ti].c1cc[cH-]c1. The molecule has 1 rings (SSSR count). The van der Waals surface area contributed by atoms with Gasteiger partial charge in [0.05, 0.1) is 0 Å². The van der Waals surface area contributed by atoms with E-state index in [2.05, 4.69) is 0 Å². The molecule has 3 nitrogen and oxygen atoms in total. The molecule has 0 heterocycles. The quantitative estimate of drug-likeness (QED) is 0.569. The fourth-order valence-corrected chi connectivity index (χ4v) is 0.321. The Morgan fingerprint density at radius 1 is 0.800 bits per heavy atom. The average Bonchev–Trinajstić information content (AvgIpc) is 2.63. The largest absolute Gasteiger partial charge is 0.855 e. The average molecular weight is 325 g/mol.